The van der Waals surface area contributed by atoms with Gasteiger partial charge in [0.25, 0.3) is 0 Å². The molecule has 1 aliphatic carbocycles. The van der Waals surface area contributed by atoms with Crippen molar-refractivity contribution in [3.8, 4) is 0 Å². The van der Waals surface area contributed by atoms with Crippen LogP contribution in [0.25, 0.3) is 0 Å². The van der Waals surface area contributed by atoms with Gasteiger partial charge in [0.05, 0.1) is 18.8 Å². The van der Waals surface area contributed by atoms with E-state index in [4.69, 9.17) is 9.05 Å². The lowest BCUT2D eigenvalue weighted by Crippen LogP contribution is -2.50. The van der Waals surface area contributed by atoms with Crippen LogP contribution in [0.15, 0.2) is 0 Å². The van der Waals surface area contributed by atoms with E-state index in [1.165, 1.54) is 6.66 Å². The fourth-order valence-electron chi connectivity index (χ4n) is 2.97. The minimum atomic E-state index is -3.14. The maximum absolute atomic E-state index is 12.5. The van der Waals surface area contributed by atoms with Crippen LogP contribution < -0.4 is 0 Å². The number of hydrogen-bond acceptors (Lipinski definition) is 4. The van der Waals surface area contributed by atoms with Gasteiger partial charge in [0.1, 0.15) is 0 Å². The Bertz CT molecular complexity index is 357. The summed E-state index contributed by atoms with van der Waals surface area (Å²) in [5, 5.41) is 10.5. The SMILES string of the molecule is CC[C@H](C)COP(C)(=O)OC1C(C)C(C)C(C)C(C)C1O. The summed E-state index contributed by atoms with van der Waals surface area (Å²) >= 11 is 0. The van der Waals surface area contributed by atoms with E-state index in [-0.39, 0.29) is 11.8 Å². The van der Waals surface area contributed by atoms with Crippen molar-refractivity contribution in [1.29, 1.82) is 0 Å². The smallest absolute Gasteiger partial charge is 0.328 e. The van der Waals surface area contributed by atoms with E-state index >= 15 is 0 Å². The van der Waals surface area contributed by atoms with E-state index in [2.05, 4.69) is 34.6 Å². The van der Waals surface area contributed by atoms with Crippen LogP contribution in [0.1, 0.15) is 48.0 Å². The lowest BCUT2D eigenvalue weighted by atomic mass is 9.66. The first-order chi connectivity index (χ1) is 9.60. The summed E-state index contributed by atoms with van der Waals surface area (Å²) in [5.41, 5.74) is 0. The first-order valence-corrected chi connectivity index (χ1v) is 10.2. The Morgan fingerprint density at radius 2 is 1.62 bits per heavy atom. The Morgan fingerprint density at radius 3 is 2.14 bits per heavy atom. The normalized spacial score (nSPS) is 41.5. The van der Waals surface area contributed by atoms with Crippen molar-refractivity contribution in [2.24, 2.45) is 29.6 Å². The van der Waals surface area contributed by atoms with Crippen molar-refractivity contribution >= 4 is 7.60 Å². The molecular weight excluding hydrogens is 287 g/mol. The van der Waals surface area contributed by atoms with E-state index in [0.717, 1.165) is 6.42 Å². The van der Waals surface area contributed by atoms with Gasteiger partial charge in [-0.05, 0) is 29.6 Å². The second-order valence-electron chi connectivity index (χ2n) is 7.08. The third-order valence-electron chi connectivity index (χ3n) is 5.49. The molecule has 0 aromatic rings. The average Bonchev–Trinajstić information content (AvgIpc) is 2.45. The molecule has 1 aliphatic rings. The molecule has 0 saturated heterocycles. The van der Waals surface area contributed by atoms with E-state index in [0.29, 0.717) is 24.4 Å². The lowest BCUT2D eigenvalue weighted by molar-refractivity contribution is -0.101. The van der Waals surface area contributed by atoms with Crippen LogP contribution in [0, 0.1) is 29.6 Å². The van der Waals surface area contributed by atoms with E-state index in [1.54, 1.807) is 0 Å². The Kier molecular flexibility index (Phi) is 6.92. The van der Waals surface area contributed by atoms with Gasteiger partial charge in [-0.25, -0.2) is 0 Å². The summed E-state index contributed by atoms with van der Waals surface area (Å²) in [7, 11) is -3.14. The summed E-state index contributed by atoms with van der Waals surface area (Å²) in [6.07, 6.45) is -0.0285. The summed E-state index contributed by atoms with van der Waals surface area (Å²) in [6, 6.07) is 0. The molecule has 1 N–H and O–H groups in total. The molecule has 0 spiro atoms. The standard InChI is InChI=1S/C16H33O4P/c1-8-10(2)9-19-21(7,18)20-16-14(6)12(4)11(3)13(5)15(16)17/h10-17H,8-9H2,1-7H3/t10-,11?,12?,13?,14?,15?,16?,21?/m0/s1. The van der Waals surface area contributed by atoms with Crippen molar-refractivity contribution in [2.45, 2.75) is 60.2 Å². The summed E-state index contributed by atoms with van der Waals surface area (Å²) in [6.45, 7) is 14.5. The van der Waals surface area contributed by atoms with Gasteiger partial charge in [0, 0.05) is 6.66 Å². The second kappa shape index (κ2) is 7.59. The molecule has 4 nitrogen and oxygen atoms in total. The highest BCUT2D eigenvalue weighted by Gasteiger charge is 2.45. The molecule has 0 amide bonds. The van der Waals surface area contributed by atoms with Gasteiger partial charge in [-0.3, -0.25) is 4.57 Å². The monoisotopic (exact) mass is 320 g/mol. The van der Waals surface area contributed by atoms with Crippen LogP contribution in [0.5, 0.6) is 0 Å². The second-order valence-corrected chi connectivity index (χ2v) is 9.09. The van der Waals surface area contributed by atoms with Crippen molar-refractivity contribution < 1.29 is 18.7 Å². The van der Waals surface area contributed by atoms with Crippen molar-refractivity contribution in [3.05, 3.63) is 0 Å². The molecule has 1 saturated carbocycles. The van der Waals surface area contributed by atoms with E-state index in [9.17, 15) is 9.67 Å². The summed E-state index contributed by atoms with van der Waals surface area (Å²) in [4.78, 5) is 0. The van der Waals surface area contributed by atoms with Gasteiger partial charge >= 0.3 is 7.60 Å². The predicted molar refractivity (Wildman–Crippen MR) is 86.5 cm³/mol. The quantitative estimate of drug-likeness (QED) is 0.746. The molecule has 0 aliphatic heterocycles. The van der Waals surface area contributed by atoms with Crippen LogP contribution in [-0.4, -0.2) is 30.6 Å². The Labute approximate surface area is 130 Å². The van der Waals surface area contributed by atoms with Gasteiger partial charge in [-0.1, -0.05) is 48.0 Å². The van der Waals surface area contributed by atoms with Gasteiger partial charge < -0.3 is 14.2 Å². The highest BCUT2D eigenvalue weighted by atomic mass is 31.2. The minimum absolute atomic E-state index is 0.135. The molecule has 1 rings (SSSR count). The van der Waals surface area contributed by atoms with Gasteiger partial charge in [0.2, 0.25) is 0 Å². The molecule has 0 bridgehead atoms. The van der Waals surface area contributed by atoms with Gasteiger partial charge in [-0.15, -0.1) is 0 Å². The molecule has 126 valence electrons. The van der Waals surface area contributed by atoms with Crippen molar-refractivity contribution in [1.82, 2.24) is 0 Å². The fraction of sp³-hybridized carbons (Fsp3) is 1.00. The van der Waals surface area contributed by atoms with E-state index in [1.807, 2.05) is 6.92 Å². The molecular formula is C16H33O4P. The first kappa shape index (κ1) is 19.2. The summed E-state index contributed by atoms with van der Waals surface area (Å²) < 4.78 is 23.8. The highest BCUT2D eigenvalue weighted by molar-refractivity contribution is 7.53. The zero-order valence-electron chi connectivity index (χ0n) is 14.6. The topological polar surface area (TPSA) is 55.8 Å². The van der Waals surface area contributed by atoms with Gasteiger partial charge in [0.15, 0.2) is 0 Å². The Hall–Kier alpha value is 0.110. The Balaban J connectivity index is 2.72. The molecule has 7 unspecified atom stereocenters. The molecule has 21 heavy (non-hydrogen) atoms. The predicted octanol–water partition coefficient (Wildman–Crippen LogP) is 4.18. The molecule has 5 heteroatoms. The Morgan fingerprint density at radius 1 is 1.10 bits per heavy atom. The minimum Gasteiger partial charge on any atom is -0.390 e. The van der Waals surface area contributed by atoms with Crippen molar-refractivity contribution in [2.75, 3.05) is 13.3 Å². The highest BCUT2D eigenvalue weighted by Crippen LogP contribution is 2.51. The fourth-order valence-corrected chi connectivity index (χ4v) is 4.31. The van der Waals surface area contributed by atoms with Crippen LogP contribution >= 0.6 is 7.60 Å². The van der Waals surface area contributed by atoms with Crippen LogP contribution in [0.2, 0.25) is 0 Å². The molecule has 1 fully saturated rings. The van der Waals surface area contributed by atoms with Crippen LogP contribution in [0.3, 0.4) is 0 Å². The summed E-state index contributed by atoms with van der Waals surface area (Å²) in [5.74, 6) is 1.49. The zero-order valence-corrected chi connectivity index (χ0v) is 15.5. The molecule has 0 radical (unpaired) electrons. The average molecular weight is 320 g/mol. The number of hydrogen-bond donors (Lipinski definition) is 1. The molecule has 0 aromatic carbocycles. The third kappa shape index (κ3) is 4.79. The van der Waals surface area contributed by atoms with Crippen molar-refractivity contribution in [3.63, 3.8) is 0 Å². The van der Waals surface area contributed by atoms with Gasteiger partial charge in [-0.2, -0.15) is 0 Å². The maximum atomic E-state index is 12.5. The zero-order chi connectivity index (χ0) is 16.4. The lowest BCUT2D eigenvalue weighted by Gasteiger charge is -2.46. The third-order valence-corrected chi connectivity index (χ3v) is 6.73. The maximum Gasteiger partial charge on any atom is 0.328 e. The first-order valence-electron chi connectivity index (χ1n) is 8.19. The largest absolute Gasteiger partial charge is 0.390 e. The number of aliphatic hydroxyl groups is 1. The molecule has 0 aromatic heterocycles. The number of rotatable bonds is 6. The van der Waals surface area contributed by atoms with Crippen LogP contribution in [0.4, 0.5) is 0 Å². The number of aliphatic hydroxyl groups excluding tert-OH is 1. The molecule has 8 atom stereocenters. The molecule has 0 heterocycles. The van der Waals surface area contributed by atoms with Crippen LogP contribution in [-0.2, 0) is 13.6 Å². The van der Waals surface area contributed by atoms with E-state index < -0.39 is 19.8 Å².